The first-order valence-corrected chi connectivity index (χ1v) is 9.26. The summed E-state index contributed by atoms with van der Waals surface area (Å²) in [6.07, 6.45) is 6.83. The van der Waals surface area contributed by atoms with E-state index in [0.717, 1.165) is 19.3 Å². The molecule has 1 aromatic carbocycles. The smallest absolute Gasteiger partial charge is 0.411 e. The first-order valence-electron chi connectivity index (χ1n) is 9.26. The Balaban J connectivity index is 1.86. The zero-order valence-corrected chi connectivity index (χ0v) is 15.6. The van der Waals surface area contributed by atoms with E-state index in [-0.39, 0.29) is 11.6 Å². The minimum Gasteiger partial charge on any atom is -0.444 e. The molecule has 132 valence electrons. The highest BCUT2D eigenvalue weighted by Gasteiger charge is 2.51. The van der Waals surface area contributed by atoms with Crippen molar-refractivity contribution < 1.29 is 9.53 Å². The number of ether oxygens (including phenoxy) is 1. The van der Waals surface area contributed by atoms with Gasteiger partial charge < -0.3 is 4.74 Å². The van der Waals surface area contributed by atoms with Gasteiger partial charge in [-0.25, -0.2) is 4.79 Å². The molecule has 0 aliphatic heterocycles. The van der Waals surface area contributed by atoms with Gasteiger partial charge in [-0.15, -0.1) is 0 Å². The Morgan fingerprint density at radius 2 is 1.58 bits per heavy atom. The molecule has 3 aliphatic rings. The molecule has 1 aromatic rings. The standard InChI is InChI=1S/C21H31NO2/c1-19(2,3)24-18(23)22(16-17-8-6-5-7-9-17)21-13-10-20(4,11-14-21)12-15-21/h5-9H,10-16H2,1-4H3. The van der Waals surface area contributed by atoms with Gasteiger partial charge in [-0.2, -0.15) is 0 Å². The Morgan fingerprint density at radius 3 is 2.08 bits per heavy atom. The Morgan fingerprint density at radius 1 is 1.04 bits per heavy atom. The fraction of sp³-hybridized carbons (Fsp3) is 0.667. The predicted molar refractivity (Wildman–Crippen MR) is 96.8 cm³/mol. The summed E-state index contributed by atoms with van der Waals surface area (Å²) in [5.74, 6) is 0. The lowest BCUT2D eigenvalue weighted by molar-refractivity contribution is -0.0623. The molecule has 0 unspecified atom stereocenters. The highest BCUT2D eigenvalue weighted by Crippen LogP contribution is 2.54. The van der Waals surface area contributed by atoms with Crippen molar-refractivity contribution in [3.05, 3.63) is 35.9 Å². The van der Waals surface area contributed by atoms with Gasteiger partial charge in [-0.05, 0) is 70.3 Å². The molecule has 0 aromatic heterocycles. The number of fused-ring (bicyclic) bond motifs is 3. The molecule has 1 amide bonds. The van der Waals surface area contributed by atoms with E-state index in [9.17, 15) is 4.79 Å². The van der Waals surface area contributed by atoms with Crippen LogP contribution in [0.15, 0.2) is 30.3 Å². The van der Waals surface area contributed by atoms with Crippen molar-refractivity contribution >= 4 is 6.09 Å². The summed E-state index contributed by atoms with van der Waals surface area (Å²) in [7, 11) is 0. The molecule has 3 aliphatic carbocycles. The lowest BCUT2D eigenvalue weighted by Gasteiger charge is -2.56. The molecule has 0 atom stereocenters. The highest BCUT2D eigenvalue weighted by molar-refractivity contribution is 5.69. The third kappa shape index (κ3) is 3.60. The molecule has 2 bridgehead atoms. The average Bonchev–Trinajstić information content (AvgIpc) is 2.53. The van der Waals surface area contributed by atoms with Crippen LogP contribution in [0.2, 0.25) is 0 Å². The molecule has 0 heterocycles. The van der Waals surface area contributed by atoms with Crippen LogP contribution in [0.1, 0.15) is 71.8 Å². The second-order valence-corrected chi connectivity index (χ2v) is 9.09. The van der Waals surface area contributed by atoms with E-state index in [2.05, 4.69) is 19.1 Å². The lowest BCUT2D eigenvalue weighted by atomic mass is 9.57. The van der Waals surface area contributed by atoms with Crippen LogP contribution in [-0.2, 0) is 11.3 Å². The average molecular weight is 329 g/mol. The first kappa shape index (κ1) is 17.3. The second kappa shape index (κ2) is 6.09. The lowest BCUT2D eigenvalue weighted by Crippen LogP contribution is -2.58. The van der Waals surface area contributed by atoms with Crippen LogP contribution in [0.5, 0.6) is 0 Å². The number of amides is 1. The molecule has 3 heteroatoms. The maximum atomic E-state index is 13.0. The van der Waals surface area contributed by atoms with E-state index in [1.54, 1.807) is 0 Å². The maximum absolute atomic E-state index is 13.0. The normalized spacial score (nSPS) is 29.3. The summed E-state index contributed by atoms with van der Waals surface area (Å²) in [4.78, 5) is 15.1. The number of rotatable bonds is 3. The zero-order chi connectivity index (χ0) is 17.4. The van der Waals surface area contributed by atoms with Crippen molar-refractivity contribution in [1.29, 1.82) is 0 Å². The number of benzene rings is 1. The summed E-state index contributed by atoms with van der Waals surface area (Å²) < 4.78 is 5.78. The van der Waals surface area contributed by atoms with Crippen LogP contribution in [0.4, 0.5) is 4.79 Å². The first-order chi connectivity index (χ1) is 11.2. The van der Waals surface area contributed by atoms with Crippen LogP contribution < -0.4 is 0 Å². The van der Waals surface area contributed by atoms with Crippen molar-refractivity contribution in [3.8, 4) is 0 Å². The molecule has 3 nitrogen and oxygen atoms in total. The SMILES string of the molecule is CC12CCC(N(Cc3ccccc3)C(=O)OC(C)(C)C)(CC1)CC2. The minimum absolute atomic E-state index is 0.0179. The van der Waals surface area contributed by atoms with Crippen molar-refractivity contribution in [1.82, 2.24) is 4.90 Å². The van der Waals surface area contributed by atoms with Crippen LogP contribution in [0.3, 0.4) is 0 Å². The molecule has 0 spiro atoms. The highest BCUT2D eigenvalue weighted by atomic mass is 16.6. The summed E-state index contributed by atoms with van der Waals surface area (Å²) in [5, 5.41) is 0. The molecular formula is C21H31NO2. The molecule has 0 radical (unpaired) electrons. The topological polar surface area (TPSA) is 29.5 Å². The number of hydrogen-bond acceptors (Lipinski definition) is 2. The van der Waals surface area contributed by atoms with Gasteiger partial charge in [0, 0.05) is 12.1 Å². The van der Waals surface area contributed by atoms with E-state index in [1.807, 2.05) is 43.9 Å². The fourth-order valence-corrected chi connectivity index (χ4v) is 4.27. The van der Waals surface area contributed by atoms with E-state index in [0.29, 0.717) is 12.0 Å². The Bertz CT molecular complexity index is 563. The van der Waals surface area contributed by atoms with Crippen molar-refractivity contribution in [2.75, 3.05) is 0 Å². The maximum Gasteiger partial charge on any atom is 0.411 e. The number of hydrogen-bond donors (Lipinski definition) is 0. The number of nitrogens with zero attached hydrogens (tertiary/aromatic N) is 1. The van der Waals surface area contributed by atoms with Crippen molar-refractivity contribution in [2.45, 2.75) is 83.9 Å². The summed E-state index contributed by atoms with van der Waals surface area (Å²) in [6.45, 7) is 8.89. The van der Waals surface area contributed by atoms with Gasteiger partial charge in [0.2, 0.25) is 0 Å². The Labute approximate surface area is 146 Å². The molecule has 0 N–H and O–H groups in total. The van der Waals surface area contributed by atoms with E-state index in [1.165, 1.54) is 24.8 Å². The monoisotopic (exact) mass is 329 g/mol. The van der Waals surface area contributed by atoms with Gasteiger partial charge in [-0.1, -0.05) is 37.3 Å². The summed E-state index contributed by atoms with van der Waals surface area (Å²) in [6, 6.07) is 10.3. The molecular weight excluding hydrogens is 298 g/mol. The summed E-state index contributed by atoms with van der Waals surface area (Å²) in [5.41, 5.74) is 1.20. The van der Waals surface area contributed by atoms with E-state index in [4.69, 9.17) is 4.74 Å². The zero-order valence-electron chi connectivity index (χ0n) is 15.6. The largest absolute Gasteiger partial charge is 0.444 e. The summed E-state index contributed by atoms with van der Waals surface area (Å²) >= 11 is 0. The molecule has 0 saturated heterocycles. The van der Waals surface area contributed by atoms with E-state index < -0.39 is 5.60 Å². The molecule has 4 rings (SSSR count). The van der Waals surface area contributed by atoms with E-state index >= 15 is 0 Å². The van der Waals surface area contributed by atoms with Gasteiger partial charge in [0.05, 0.1) is 0 Å². The van der Waals surface area contributed by atoms with Gasteiger partial charge in [-0.3, -0.25) is 4.90 Å². The molecule has 3 saturated carbocycles. The van der Waals surface area contributed by atoms with Crippen LogP contribution in [0, 0.1) is 5.41 Å². The third-order valence-corrected chi connectivity index (χ3v) is 5.95. The Kier molecular flexibility index (Phi) is 4.39. The third-order valence-electron chi connectivity index (χ3n) is 5.95. The predicted octanol–water partition coefficient (Wildman–Crippen LogP) is 5.54. The molecule has 24 heavy (non-hydrogen) atoms. The number of carbonyl (C=O) groups is 1. The minimum atomic E-state index is -0.458. The van der Waals surface area contributed by atoms with Crippen LogP contribution in [0.25, 0.3) is 0 Å². The fourth-order valence-electron chi connectivity index (χ4n) is 4.27. The van der Waals surface area contributed by atoms with Gasteiger partial charge in [0.1, 0.15) is 5.60 Å². The quantitative estimate of drug-likeness (QED) is 0.729. The van der Waals surface area contributed by atoms with Crippen LogP contribution in [-0.4, -0.2) is 22.1 Å². The number of carbonyl (C=O) groups excluding carboxylic acids is 1. The second-order valence-electron chi connectivity index (χ2n) is 9.09. The molecule has 3 fully saturated rings. The van der Waals surface area contributed by atoms with Gasteiger partial charge in [0.15, 0.2) is 0 Å². The van der Waals surface area contributed by atoms with Gasteiger partial charge >= 0.3 is 6.09 Å². The van der Waals surface area contributed by atoms with Gasteiger partial charge in [0.25, 0.3) is 0 Å². The van der Waals surface area contributed by atoms with Crippen molar-refractivity contribution in [2.24, 2.45) is 5.41 Å². The van der Waals surface area contributed by atoms with Crippen molar-refractivity contribution in [3.63, 3.8) is 0 Å². The Hall–Kier alpha value is -1.51. The van der Waals surface area contributed by atoms with Crippen LogP contribution >= 0.6 is 0 Å².